The van der Waals surface area contributed by atoms with Gasteiger partial charge in [-0.15, -0.1) is 0 Å². The van der Waals surface area contributed by atoms with E-state index in [1.807, 2.05) is 0 Å². The largest absolute Gasteiger partial charge is 0.495 e. The molecule has 240 valence electrons. The number of hydrogen-bond donors (Lipinski definition) is 1. The molecule has 4 rings (SSSR count). The molecular weight excluding hydrogens is 627 g/mol. The van der Waals surface area contributed by atoms with E-state index in [1.54, 1.807) is 6.07 Å². The molecule has 0 heterocycles. The molecule has 0 spiro atoms. The zero-order valence-electron chi connectivity index (χ0n) is 25.0. The van der Waals surface area contributed by atoms with Gasteiger partial charge in [-0.25, -0.2) is 12.8 Å². The first-order valence-electron chi connectivity index (χ1n) is 14.3. The molecule has 0 aromatic heterocycles. The average molecular weight is 661 g/mol. The number of carbonyl (C=O) groups is 2. The molecule has 1 N–H and O–H groups in total. The first-order valence-corrected chi connectivity index (χ1v) is 16.1. The Labute approximate surface area is 266 Å². The number of nitrogens with zero attached hydrogens (tertiary/aromatic N) is 3. The van der Waals surface area contributed by atoms with Gasteiger partial charge in [0.1, 0.15) is 24.2 Å². The highest BCUT2D eigenvalue weighted by Gasteiger charge is 2.35. The third-order valence-corrected chi connectivity index (χ3v) is 9.81. The third kappa shape index (κ3) is 7.71. The number of halogens is 2. The number of sulfonamides is 1. The van der Waals surface area contributed by atoms with Crippen molar-refractivity contribution in [2.75, 3.05) is 18.0 Å². The van der Waals surface area contributed by atoms with E-state index in [0.29, 0.717) is 0 Å². The quantitative estimate of drug-likeness (QED) is 0.203. The Kier molecular flexibility index (Phi) is 10.7. The minimum absolute atomic E-state index is 0.0464. The number of methoxy groups -OCH3 is 1. The summed E-state index contributed by atoms with van der Waals surface area (Å²) in [5.74, 6) is -1.85. The lowest BCUT2D eigenvalue weighted by Crippen LogP contribution is -2.52. The van der Waals surface area contributed by atoms with Crippen LogP contribution in [-0.4, -0.2) is 55.8 Å². The molecule has 11 nitrogen and oxygen atoms in total. The molecule has 1 saturated carbocycles. The lowest BCUT2D eigenvalue weighted by Gasteiger charge is -2.33. The van der Waals surface area contributed by atoms with Gasteiger partial charge >= 0.3 is 0 Å². The van der Waals surface area contributed by atoms with E-state index < -0.39 is 55.7 Å². The summed E-state index contributed by atoms with van der Waals surface area (Å²) in [6, 6.07) is 12.2. The summed E-state index contributed by atoms with van der Waals surface area (Å²) in [5, 5.41) is 14.7. The van der Waals surface area contributed by atoms with Crippen LogP contribution in [0.4, 0.5) is 15.8 Å². The number of amides is 2. The van der Waals surface area contributed by atoms with Crippen LogP contribution in [0, 0.1) is 22.9 Å². The van der Waals surface area contributed by atoms with Gasteiger partial charge in [0, 0.05) is 34.8 Å². The smallest absolute Gasteiger partial charge is 0.273 e. The molecule has 1 aliphatic rings. The number of nitro groups is 1. The van der Waals surface area contributed by atoms with E-state index >= 15 is 0 Å². The maximum absolute atomic E-state index is 14.8. The Hall–Kier alpha value is -4.23. The summed E-state index contributed by atoms with van der Waals surface area (Å²) in [7, 11) is -3.38. The molecule has 0 radical (unpaired) electrons. The molecule has 14 heteroatoms. The first kappa shape index (κ1) is 33.7. The summed E-state index contributed by atoms with van der Waals surface area (Å²) in [6.07, 6.45) is 3.51. The fraction of sp³-hybridized carbons (Fsp3) is 0.355. The van der Waals surface area contributed by atoms with E-state index in [9.17, 15) is 32.5 Å². The predicted molar refractivity (Wildman–Crippen MR) is 167 cm³/mol. The van der Waals surface area contributed by atoms with E-state index in [0.717, 1.165) is 41.0 Å². The van der Waals surface area contributed by atoms with Crippen molar-refractivity contribution in [1.29, 1.82) is 0 Å². The first-order chi connectivity index (χ1) is 21.3. The van der Waals surface area contributed by atoms with E-state index in [2.05, 4.69) is 5.32 Å². The van der Waals surface area contributed by atoms with Crippen LogP contribution in [0.2, 0.25) is 5.02 Å². The summed E-state index contributed by atoms with van der Waals surface area (Å²) in [6.45, 7) is 1.76. The number of nitrogens with one attached hydrogen (secondary N) is 1. The van der Waals surface area contributed by atoms with Crippen molar-refractivity contribution in [1.82, 2.24) is 10.2 Å². The number of carbonyl (C=O) groups excluding carboxylic acids is 2. The van der Waals surface area contributed by atoms with Crippen LogP contribution in [0.3, 0.4) is 0 Å². The second kappa shape index (κ2) is 14.2. The zero-order chi connectivity index (χ0) is 32.9. The van der Waals surface area contributed by atoms with Gasteiger partial charge in [0.2, 0.25) is 11.8 Å². The van der Waals surface area contributed by atoms with Gasteiger partial charge in [-0.05, 0) is 57.0 Å². The molecule has 2 amide bonds. The number of rotatable bonds is 12. The number of anilines is 1. The summed E-state index contributed by atoms with van der Waals surface area (Å²) < 4.78 is 49.3. The van der Waals surface area contributed by atoms with Gasteiger partial charge in [0.05, 0.1) is 22.6 Å². The van der Waals surface area contributed by atoms with Gasteiger partial charge in [-0.2, -0.15) is 0 Å². The summed E-state index contributed by atoms with van der Waals surface area (Å²) >= 11 is 6.24. The standard InChI is InChI=1S/C31H34ClFN4O7S/c1-20-12-14-25(17-27(20)37(40)41)45(42,43)36(28-16-23(32)13-15-29(28)44-3)19-30(38)35(18-22-8-4-7-11-26(22)33)21(2)31(39)34-24-9-5-6-10-24/h4,7-8,11-17,21,24H,5-6,9-10,18-19H2,1-3H3,(H,34,39). The number of hydrogen-bond acceptors (Lipinski definition) is 7. The highest BCUT2D eigenvalue weighted by molar-refractivity contribution is 7.92. The molecule has 3 aromatic rings. The van der Waals surface area contributed by atoms with Crippen LogP contribution in [0.1, 0.15) is 43.7 Å². The van der Waals surface area contributed by atoms with Crippen molar-refractivity contribution >= 4 is 44.8 Å². The minimum Gasteiger partial charge on any atom is -0.495 e. The molecule has 45 heavy (non-hydrogen) atoms. The highest BCUT2D eigenvalue weighted by atomic mass is 35.5. The van der Waals surface area contributed by atoms with Crippen LogP contribution in [0.25, 0.3) is 0 Å². The maximum atomic E-state index is 14.8. The topological polar surface area (TPSA) is 139 Å². The fourth-order valence-corrected chi connectivity index (χ4v) is 6.83. The van der Waals surface area contributed by atoms with E-state index in [1.165, 1.54) is 69.5 Å². The Bertz CT molecular complexity index is 1700. The van der Waals surface area contributed by atoms with Gasteiger partial charge in [0.25, 0.3) is 15.7 Å². The van der Waals surface area contributed by atoms with Crippen LogP contribution in [-0.2, 0) is 26.2 Å². The third-order valence-electron chi connectivity index (χ3n) is 7.82. The number of nitro benzene ring substituents is 1. The van der Waals surface area contributed by atoms with Crippen molar-refractivity contribution in [3.05, 3.63) is 92.7 Å². The van der Waals surface area contributed by atoms with Crippen molar-refractivity contribution in [3.63, 3.8) is 0 Å². The van der Waals surface area contributed by atoms with Gasteiger partial charge in [0.15, 0.2) is 0 Å². The van der Waals surface area contributed by atoms with Crippen LogP contribution >= 0.6 is 11.6 Å². The van der Waals surface area contributed by atoms with Gasteiger partial charge < -0.3 is 15.0 Å². The summed E-state index contributed by atoms with van der Waals surface area (Å²) in [5.41, 5.74) is -0.190. The van der Waals surface area contributed by atoms with E-state index in [4.69, 9.17) is 16.3 Å². The number of ether oxygens (including phenoxy) is 1. The number of aryl methyl sites for hydroxylation is 1. The minimum atomic E-state index is -4.68. The monoisotopic (exact) mass is 660 g/mol. The lowest BCUT2D eigenvalue weighted by molar-refractivity contribution is -0.385. The fourth-order valence-electron chi connectivity index (χ4n) is 5.23. The second-order valence-corrected chi connectivity index (χ2v) is 13.1. The van der Waals surface area contributed by atoms with Gasteiger partial charge in [-0.1, -0.05) is 48.7 Å². The Morgan fingerprint density at radius 3 is 2.47 bits per heavy atom. The van der Waals surface area contributed by atoms with Gasteiger partial charge in [-0.3, -0.25) is 24.0 Å². The SMILES string of the molecule is COc1ccc(Cl)cc1N(CC(=O)N(Cc1ccccc1F)C(C)C(=O)NC1CCCC1)S(=O)(=O)c1ccc(C)c([N+](=O)[O-])c1. The number of benzene rings is 3. The highest BCUT2D eigenvalue weighted by Crippen LogP contribution is 2.36. The van der Waals surface area contributed by atoms with Crippen LogP contribution in [0.5, 0.6) is 5.75 Å². The van der Waals surface area contributed by atoms with Crippen molar-refractivity contribution in [3.8, 4) is 5.75 Å². The predicted octanol–water partition coefficient (Wildman–Crippen LogP) is 5.38. The molecule has 1 fully saturated rings. The van der Waals surface area contributed by atoms with Crippen molar-refractivity contribution in [2.45, 2.75) is 63.1 Å². The Morgan fingerprint density at radius 2 is 1.82 bits per heavy atom. The molecular formula is C31H34ClFN4O7S. The average Bonchev–Trinajstić information content (AvgIpc) is 3.52. The molecule has 0 aliphatic heterocycles. The molecule has 3 aromatic carbocycles. The molecule has 1 atom stereocenters. The molecule has 0 bridgehead atoms. The lowest BCUT2D eigenvalue weighted by atomic mass is 10.1. The Morgan fingerprint density at radius 1 is 1.13 bits per heavy atom. The Balaban J connectivity index is 1.79. The molecule has 0 saturated heterocycles. The van der Waals surface area contributed by atoms with Crippen molar-refractivity contribution in [2.24, 2.45) is 0 Å². The normalized spacial score (nSPS) is 14.1. The van der Waals surface area contributed by atoms with Crippen molar-refractivity contribution < 1.29 is 32.1 Å². The van der Waals surface area contributed by atoms with Crippen LogP contribution < -0.4 is 14.4 Å². The zero-order valence-corrected chi connectivity index (χ0v) is 26.6. The van der Waals surface area contributed by atoms with Crippen LogP contribution in [0.15, 0.2) is 65.6 Å². The van der Waals surface area contributed by atoms with E-state index in [-0.39, 0.29) is 40.2 Å². The summed E-state index contributed by atoms with van der Waals surface area (Å²) in [4.78, 5) is 39.1. The second-order valence-electron chi connectivity index (χ2n) is 10.8. The molecule has 1 aliphatic carbocycles. The molecule has 1 unspecified atom stereocenters. The maximum Gasteiger partial charge on any atom is 0.273 e.